The van der Waals surface area contributed by atoms with Gasteiger partial charge in [0.1, 0.15) is 6.61 Å². The second-order valence-corrected chi connectivity index (χ2v) is 4.74. The third-order valence-electron chi connectivity index (χ3n) is 1.98. The maximum absolute atomic E-state index is 5.67. The molecule has 0 radical (unpaired) electrons. The molecule has 94 valence electrons. The fraction of sp³-hybridized carbons (Fsp3) is 0.333. The molecule has 0 bridgehead atoms. The van der Waals surface area contributed by atoms with E-state index in [0.29, 0.717) is 29.7 Å². The number of ether oxygens (including phenoxy) is 2. The van der Waals surface area contributed by atoms with Gasteiger partial charge in [0.15, 0.2) is 11.5 Å². The third kappa shape index (κ3) is 4.22. The van der Waals surface area contributed by atoms with Gasteiger partial charge in [0.2, 0.25) is 0 Å². The molecule has 0 unspecified atom stereocenters. The molecule has 0 aliphatic rings. The SMILES string of the molecule is C=C(Cl)COc1c(Br)cc(CN)cc1OCC. The Kier molecular flexibility index (Phi) is 5.82. The van der Waals surface area contributed by atoms with Crippen LogP contribution in [0.3, 0.4) is 0 Å². The highest BCUT2D eigenvalue weighted by atomic mass is 79.9. The van der Waals surface area contributed by atoms with Gasteiger partial charge >= 0.3 is 0 Å². The monoisotopic (exact) mass is 319 g/mol. The average Bonchev–Trinajstić information content (AvgIpc) is 2.27. The zero-order valence-electron chi connectivity index (χ0n) is 9.63. The lowest BCUT2D eigenvalue weighted by atomic mass is 10.2. The van der Waals surface area contributed by atoms with E-state index in [1.807, 2.05) is 19.1 Å². The molecule has 0 aromatic heterocycles. The zero-order valence-corrected chi connectivity index (χ0v) is 12.0. The van der Waals surface area contributed by atoms with Crippen LogP contribution >= 0.6 is 27.5 Å². The van der Waals surface area contributed by atoms with E-state index in [1.165, 1.54) is 0 Å². The second-order valence-electron chi connectivity index (χ2n) is 3.35. The molecular formula is C12H15BrClNO2. The molecule has 1 rings (SSSR count). The summed E-state index contributed by atoms with van der Waals surface area (Å²) >= 11 is 9.10. The van der Waals surface area contributed by atoms with E-state index >= 15 is 0 Å². The lowest BCUT2D eigenvalue weighted by Crippen LogP contribution is -2.04. The van der Waals surface area contributed by atoms with Gasteiger partial charge in [-0.1, -0.05) is 18.2 Å². The topological polar surface area (TPSA) is 44.5 Å². The van der Waals surface area contributed by atoms with Crippen LogP contribution in [0.15, 0.2) is 28.2 Å². The van der Waals surface area contributed by atoms with Crippen molar-refractivity contribution in [1.82, 2.24) is 0 Å². The molecule has 0 saturated heterocycles. The first-order valence-electron chi connectivity index (χ1n) is 5.19. The summed E-state index contributed by atoms with van der Waals surface area (Å²) in [6, 6.07) is 3.76. The van der Waals surface area contributed by atoms with Crippen LogP contribution in [0.25, 0.3) is 0 Å². The summed E-state index contributed by atoms with van der Waals surface area (Å²) < 4.78 is 11.8. The summed E-state index contributed by atoms with van der Waals surface area (Å²) in [5, 5.41) is 0.433. The number of hydrogen-bond acceptors (Lipinski definition) is 3. The maximum Gasteiger partial charge on any atom is 0.175 e. The minimum Gasteiger partial charge on any atom is -0.490 e. The van der Waals surface area contributed by atoms with Gasteiger partial charge in [0.05, 0.1) is 11.1 Å². The molecule has 1 aromatic rings. The van der Waals surface area contributed by atoms with E-state index in [9.17, 15) is 0 Å². The lowest BCUT2D eigenvalue weighted by Gasteiger charge is -2.14. The molecule has 0 spiro atoms. The third-order valence-corrected chi connectivity index (χ3v) is 2.68. The van der Waals surface area contributed by atoms with Crippen LogP contribution in [0.2, 0.25) is 0 Å². The second kappa shape index (κ2) is 6.89. The molecule has 2 N–H and O–H groups in total. The molecule has 1 aromatic carbocycles. The Labute approximate surface area is 115 Å². The van der Waals surface area contributed by atoms with Crippen molar-refractivity contribution in [2.45, 2.75) is 13.5 Å². The van der Waals surface area contributed by atoms with Crippen LogP contribution in [0, 0.1) is 0 Å². The molecule has 0 atom stereocenters. The van der Waals surface area contributed by atoms with Crippen LogP contribution in [0.5, 0.6) is 11.5 Å². The van der Waals surface area contributed by atoms with Crippen molar-refractivity contribution < 1.29 is 9.47 Å². The van der Waals surface area contributed by atoms with Gasteiger partial charge in [0, 0.05) is 11.6 Å². The molecule has 0 fully saturated rings. The van der Waals surface area contributed by atoms with E-state index in [4.69, 9.17) is 26.8 Å². The van der Waals surface area contributed by atoms with Crippen molar-refractivity contribution in [2.75, 3.05) is 13.2 Å². The number of rotatable bonds is 6. The van der Waals surface area contributed by atoms with E-state index in [-0.39, 0.29) is 6.61 Å². The average molecular weight is 321 g/mol. The quantitative estimate of drug-likeness (QED) is 0.873. The molecule has 0 aliphatic carbocycles. The fourth-order valence-electron chi connectivity index (χ4n) is 1.29. The predicted molar refractivity (Wildman–Crippen MR) is 73.7 cm³/mol. The van der Waals surface area contributed by atoms with E-state index in [2.05, 4.69) is 22.5 Å². The van der Waals surface area contributed by atoms with Crippen LogP contribution in [-0.4, -0.2) is 13.2 Å². The summed E-state index contributed by atoms with van der Waals surface area (Å²) in [5.74, 6) is 1.27. The molecule has 0 aliphatic heterocycles. The van der Waals surface area contributed by atoms with Crippen molar-refractivity contribution in [3.8, 4) is 11.5 Å². The maximum atomic E-state index is 5.67. The van der Waals surface area contributed by atoms with Crippen LogP contribution in [0.1, 0.15) is 12.5 Å². The first-order valence-corrected chi connectivity index (χ1v) is 6.37. The van der Waals surface area contributed by atoms with Crippen LogP contribution in [-0.2, 0) is 6.54 Å². The molecule has 0 amide bonds. The Morgan fingerprint density at radius 1 is 1.47 bits per heavy atom. The number of halogens is 2. The molecular weight excluding hydrogens is 305 g/mol. The van der Waals surface area contributed by atoms with Gasteiger partial charge < -0.3 is 15.2 Å². The van der Waals surface area contributed by atoms with Gasteiger partial charge in [-0.3, -0.25) is 0 Å². The molecule has 0 heterocycles. The first kappa shape index (κ1) is 14.4. The largest absolute Gasteiger partial charge is 0.490 e. The molecule has 5 heteroatoms. The van der Waals surface area contributed by atoms with Crippen molar-refractivity contribution in [3.05, 3.63) is 33.8 Å². The van der Waals surface area contributed by atoms with Crippen molar-refractivity contribution in [3.63, 3.8) is 0 Å². The summed E-state index contributed by atoms with van der Waals surface area (Å²) in [6.07, 6.45) is 0. The number of hydrogen-bond donors (Lipinski definition) is 1. The Balaban J connectivity index is 3.02. The van der Waals surface area contributed by atoms with E-state index in [0.717, 1.165) is 10.0 Å². The fourth-order valence-corrected chi connectivity index (χ4v) is 1.95. The van der Waals surface area contributed by atoms with Crippen LogP contribution < -0.4 is 15.2 Å². The minimum absolute atomic E-state index is 0.238. The minimum atomic E-state index is 0.238. The van der Waals surface area contributed by atoms with Gasteiger partial charge in [0.25, 0.3) is 0 Å². The van der Waals surface area contributed by atoms with Gasteiger partial charge in [-0.2, -0.15) is 0 Å². The highest BCUT2D eigenvalue weighted by Crippen LogP contribution is 2.37. The highest BCUT2D eigenvalue weighted by Gasteiger charge is 2.12. The van der Waals surface area contributed by atoms with Crippen molar-refractivity contribution >= 4 is 27.5 Å². The normalized spacial score (nSPS) is 10.1. The summed E-state index contributed by atoms with van der Waals surface area (Å²) in [7, 11) is 0. The van der Waals surface area contributed by atoms with Gasteiger partial charge in [-0.05, 0) is 40.5 Å². The van der Waals surface area contributed by atoms with E-state index < -0.39 is 0 Å². The summed E-state index contributed by atoms with van der Waals surface area (Å²) in [4.78, 5) is 0. The Bertz CT molecular complexity index is 410. The van der Waals surface area contributed by atoms with Crippen molar-refractivity contribution in [1.29, 1.82) is 0 Å². The van der Waals surface area contributed by atoms with E-state index in [1.54, 1.807) is 0 Å². The standard InChI is InChI=1S/C12H15BrClNO2/c1-3-16-11-5-9(6-15)4-10(13)12(11)17-7-8(2)14/h4-5H,2-3,6-7,15H2,1H3. The highest BCUT2D eigenvalue weighted by molar-refractivity contribution is 9.10. The number of nitrogens with two attached hydrogens (primary N) is 1. The van der Waals surface area contributed by atoms with Gasteiger partial charge in [-0.15, -0.1) is 0 Å². The predicted octanol–water partition coefficient (Wildman–Crippen LogP) is 3.44. The molecule has 0 saturated carbocycles. The Morgan fingerprint density at radius 2 is 2.18 bits per heavy atom. The van der Waals surface area contributed by atoms with Crippen LogP contribution in [0.4, 0.5) is 0 Å². The summed E-state index contributed by atoms with van der Waals surface area (Å²) in [6.45, 7) is 6.72. The smallest absolute Gasteiger partial charge is 0.175 e. The summed E-state index contributed by atoms with van der Waals surface area (Å²) in [5.41, 5.74) is 6.57. The Morgan fingerprint density at radius 3 is 2.71 bits per heavy atom. The Hall–Kier alpha value is -0.710. The van der Waals surface area contributed by atoms with Gasteiger partial charge in [-0.25, -0.2) is 0 Å². The molecule has 3 nitrogen and oxygen atoms in total. The first-order chi connectivity index (χ1) is 8.08. The lowest BCUT2D eigenvalue weighted by molar-refractivity contribution is 0.294. The molecule has 17 heavy (non-hydrogen) atoms. The number of benzene rings is 1. The zero-order chi connectivity index (χ0) is 12.8. The van der Waals surface area contributed by atoms with Crippen molar-refractivity contribution in [2.24, 2.45) is 5.73 Å².